The molecule has 1 aromatic heterocycles. The van der Waals surface area contributed by atoms with Gasteiger partial charge in [-0.1, -0.05) is 17.3 Å². The standard InChI is InChI=1S/C16H23N5O2/c1-16(2,3)23-15(22)18-9-12-6-5-7-13(8-12)17-10-14-11-21(4)20-19-14/h5-8,11,17H,9-10H2,1-4H3,(H,18,22). The molecule has 23 heavy (non-hydrogen) atoms. The zero-order valence-electron chi connectivity index (χ0n) is 14.0. The van der Waals surface area contributed by atoms with Gasteiger partial charge in [-0.2, -0.15) is 0 Å². The van der Waals surface area contributed by atoms with Gasteiger partial charge in [0.15, 0.2) is 0 Å². The molecule has 124 valence electrons. The molecule has 0 saturated heterocycles. The van der Waals surface area contributed by atoms with Gasteiger partial charge in [0.1, 0.15) is 11.3 Å². The Morgan fingerprint density at radius 1 is 1.30 bits per heavy atom. The molecule has 0 bridgehead atoms. The number of benzene rings is 1. The minimum atomic E-state index is -0.496. The highest BCUT2D eigenvalue weighted by Crippen LogP contribution is 2.12. The molecule has 0 aliphatic heterocycles. The number of hydrogen-bond donors (Lipinski definition) is 2. The molecular weight excluding hydrogens is 294 g/mol. The molecule has 0 aliphatic rings. The van der Waals surface area contributed by atoms with Crippen molar-refractivity contribution in [3.8, 4) is 0 Å². The first kappa shape index (κ1) is 16.8. The van der Waals surface area contributed by atoms with Crippen molar-refractivity contribution in [3.05, 3.63) is 41.7 Å². The molecule has 0 fully saturated rings. The van der Waals surface area contributed by atoms with Crippen LogP contribution in [0.4, 0.5) is 10.5 Å². The van der Waals surface area contributed by atoms with Gasteiger partial charge in [-0.15, -0.1) is 5.10 Å². The van der Waals surface area contributed by atoms with Crippen molar-refractivity contribution in [2.24, 2.45) is 7.05 Å². The van der Waals surface area contributed by atoms with E-state index in [0.717, 1.165) is 16.9 Å². The molecule has 2 rings (SSSR count). The third-order valence-electron chi connectivity index (χ3n) is 2.89. The van der Waals surface area contributed by atoms with Crippen molar-refractivity contribution in [2.75, 3.05) is 5.32 Å². The van der Waals surface area contributed by atoms with Gasteiger partial charge in [-0.05, 0) is 38.5 Å². The third-order valence-corrected chi connectivity index (χ3v) is 2.89. The van der Waals surface area contributed by atoms with E-state index in [1.807, 2.05) is 58.3 Å². The summed E-state index contributed by atoms with van der Waals surface area (Å²) in [7, 11) is 1.83. The third kappa shape index (κ3) is 5.98. The van der Waals surface area contributed by atoms with Crippen molar-refractivity contribution < 1.29 is 9.53 Å². The van der Waals surface area contributed by atoms with Gasteiger partial charge in [0.2, 0.25) is 0 Å². The highest BCUT2D eigenvalue weighted by Gasteiger charge is 2.15. The van der Waals surface area contributed by atoms with Crippen LogP contribution in [0.25, 0.3) is 0 Å². The van der Waals surface area contributed by atoms with E-state index in [4.69, 9.17) is 4.74 Å². The normalized spacial score (nSPS) is 11.1. The van der Waals surface area contributed by atoms with Gasteiger partial charge in [0.25, 0.3) is 0 Å². The largest absolute Gasteiger partial charge is 0.444 e. The lowest BCUT2D eigenvalue weighted by Gasteiger charge is -2.19. The van der Waals surface area contributed by atoms with Crippen LogP contribution >= 0.6 is 0 Å². The zero-order valence-corrected chi connectivity index (χ0v) is 14.0. The number of amides is 1. The minimum absolute atomic E-state index is 0.412. The quantitative estimate of drug-likeness (QED) is 0.885. The predicted octanol–water partition coefficient (Wildman–Crippen LogP) is 2.45. The van der Waals surface area contributed by atoms with Crippen LogP contribution in [0.5, 0.6) is 0 Å². The minimum Gasteiger partial charge on any atom is -0.444 e. The van der Waals surface area contributed by atoms with E-state index in [-0.39, 0.29) is 0 Å². The number of alkyl carbamates (subject to hydrolysis) is 1. The highest BCUT2D eigenvalue weighted by molar-refractivity contribution is 5.67. The number of carbonyl (C=O) groups excluding carboxylic acids is 1. The molecule has 0 saturated carbocycles. The molecule has 0 unspecified atom stereocenters. The van der Waals surface area contributed by atoms with Crippen molar-refractivity contribution in [1.29, 1.82) is 0 Å². The fourth-order valence-corrected chi connectivity index (χ4v) is 1.95. The lowest BCUT2D eigenvalue weighted by molar-refractivity contribution is 0.0523. The second kappa shape index (κ2) is 7.13. The fourth-order valence-electron chi connectivity index (χ4n) is 1.95. The van der Waals surface area contributed by atoms with E-state index in [1.165, 1.54) is 0 Å². The Balaban J connectivity index is 1.85. The zero-order chi connectivity index (χ0) is 16.9. The van der Waals surface area contributed by atoms with Crippen molar-refractivity contribution in [1.82, 2.24) is 20.3 Å². The fraction of sp³-hybridized carbons (Fsp3) is 0.438. The summed E-state index contributed by atoms with van der Waals surface area (Å²) in [4.78, 5) is 11.7. The number of nitrogens with zero attached hydrogens (tertiary/aromatic N) is 3. The summed E-state index contributed by atoms with van der Waals surface area (Å²) in [5, 5.41) is 13.9. The Labute approximate surface area is 136 Å². The first-order valence-electron chi connectivity index (χ1n) is 7.47. The average Bonchev–Trinajstić information content (AvgIpc) is 2.87. The van der Waals surface area contributed by atoms with Crippen LogP contribution in [0.2, 0.25) is 0 Å². The van der Waals surface area contributed by atoms with Crippen LogP contribution < -0.4 is 10.6 Å². The van der Waals surface area contributed by atoms with Crippen molar-refractivity contribution >= 4 is 11.8 Å². The van der Waals surface area contributed by atoms with Gasteiger partial charge >= 0.3 is 6.09 Å². The SMILES string of the molecule is Cn1cc(CNc2cccc(CNC(=O)OC(C)(C)C)c2)nn1. The average molecular weight is 317 g/mol. The van der Waals surface area contributed by atoms with Crippen LogP contribution in [-0.4, -0.2) is 26.7 Å². The Hall–Kier alpha value is -2.57. The van der Waals surface area contributed by atoms with Gasteiger partial charge in [-0.3, -0.25) is 4.68 Å². The smallest absolute Gasteiger partial charge is 0.407 e. The first-order chi connectivity index (χ1) is 10.8. The van der Waals surface area contributed by atoms with E-state index in [2.05, 4.69) is 20.9 Å². The summed E-state index contributed by atoms with van der Waals surface area (Å²) in [6, 6.07) is 7.83. The van der Waals surface area contributed by atoms with Crippen LogP contribution in [0, 0.1) is 0 Å². The Kier molecular flexibility index (Phi) is 5.20. The molecule has 7 nitrogen and oxygen atoms in total. The summed E-state index contributed by atoms with van der Waals surface area (Å²) in [6.45, 7) is 6.52. The maximum atomic E-state index is 11.7. The Morgan fingerprint density at radius 3 is 2.74 bits per heavy atom. The topological polar surface area (TPSA) is 81.1 Å². The maximum absolute atomic E-state index is 11.7. The second-order valence-corrected chi connectivity index (χ2v) is 6.29. The molecule has 1 aromatic carbocycles. The molecule has 0 atom stereocenters. The van der Waals surface area contributed by atoms with Crippen LogP contribution in [0.15, 0.2) is 30.5 Å². The summed E-state index contributed by atoms with van der Waals surface area (Å²) < 4.78 is 6.88. The highest BCUT2D eigenvalue weighted by atomic mass is 16.6. The Morgan fingerprint density at radius 2 is 2.09 bits per heavy atom. The molecule has 1 amide bonds. The summed E-state index contributed by atoms with van der Waals surface area (Å²) >= 11 is 0. The van der Waals surface area contributed by atoms with Crippen LogP contribution in [0.3, 0.4) is 0 Å². The van der Waals surface area contributed by atoms with Crippen LogP contribution in [-0.2, 0) is 24.9 Å². The maximum Gasteiger partial charge on any atom is 0.407 e. The number of hydrogen-bond acceptors (Lipinski definition) is 5. The van der Waals surface area contributed by atoms with E-state index in [0.29, 0.717) is 13.1 Å². The first-order valence-corrected chi connectivity index (χ1v) is 7.47. The van der Waals surface area contributed by atoms with Crippen molar-refractivity contribution in [2.45, 2.75) is 39.5 Å². The van der Waals surface area contributed by atoms with Gasteiger partial charge < -0.3 is 15.4 Å². The number of aryl methyl sites for hydroxylation is 1. The molecule has 0 radical (unpaired) electrons. The van der Waals surface area contributed by atoms with E-state index in [9.17, 15) is 4.79 Å². The molecule has 1 heterocycles. The lowest BCUT2D eigenvalue weighted by atomic mass is 10.2. The van der Waals surface area contributed by atoms with Crippen molar-refractivity contribution in [3.63, 3.8) is 0 Å². The molecule has 2 N–H and O–H groups in total. The van der Waals surface area contributed by atoms with Gasteiger partial charge in [0, 0.05) is 25.5 Å². The molecule has 0 spiro atoms. The molecule has 2 aromatic rings. The summed E-state index contributed by atoms with van der Waals surface area (Å²) in [6.07, 6.45) is 1.44. The molecule has 0 aliphatic carbocycles. The van der Waals surface area contributed by atoms with Gasteiger partial charge in [0.05, 0.1) is 6.54 Å². The van der Waals surface area contributed by atoms with E-state index >= 15 is 0 Å². The van der Waals surface area contributed by atoms with E-state index < -0.39 is 11.7 Å². The molecular formula is C16H23N5O2. The van der Waals surface area contributed by atoms with Gasteiger partial charge in [-0.25, -0.2) is 4.79 Å². The number of ether oxygens (including phenoxy) is 1. The second-order valence-electron chi connectivity index (χ2n) is 6.29. The summed E-state index contributed by atoms with van der Waals surface area (Å²) in [5.41, 5.74) is 2.31. The van der Waals surface area contributed by atoms with E-state index in [1.54, 1.807) is 4.68 Å². The lowest BCUT2D eigenvalue weighted by Crippen LogP contribution is -2.32. The number of carbonyl (C=O) groups is 1. The number of anilines is 1. The number of nitrogens with one attached hydrogen (secondary N) is 2. The van der Waals surface area contributed by atoms with Crippen LogP contribution in [0.1, 0.15) is 32.0 Å². The summed E-state index contributed by atoms with van der Waals surface area (Å²) in [5.74, 6) is 0. The predicted molar refractivity (Wildman–Crippen MR) is 87.8 cm³/mol. The number of aromatic nitrogens is 3. The number of rotatable bonds is 5. The molecule has 7 heteroatoms. The Bertz CT molecular complexity index is 660. The monoisotopic (exact) mass is 317 g/mol.